The van der Waals surface area contributed by atoms with Crippen molar-refractivity contribution >= 4 is 21.8 Å². The second-order valence-corrected chi connectivity index (χ2v) is 7.79. The van der Waals surface area contributed by atoms with Crippen molar-refractivity contribution < 1.29 is 18.0 Å². The van der Waals surface area contributed by atoms with Gasteiger partial charge in [0.05, 0.1) is 17.9 Å². The summed E-state index contributed by atoms with van der Waals surface area (Å²) in [5.74, 6) is -0.497. The van der Waals surface area contributed by atoms with Crippen LogP contribution in [-0.4, -0.2) is 33.3 Å². The van der Waals surface area contributed by atoms with Gasteiger partial charge in [0, 0.05) is 6.54 Å². The van der Waals surface area contributed by atoms with Crippen molar-refractivity contribution in [2.45, 2.75) is 24.7 Å². The number of hydrogen-bond donors (Lipinski definition) is 3. The van der Waals surface area contributed by atoms with Crippen molar-refractivity contribution in [3.05, 3.63) is 65.2 Å². The van der Waals surface area contributed by atoms with E-state index in [2.05, 4.69) is 10.6 Å². The first-order valence-electron chi connectivity index (χ1n) is 8.45. The van der Waals surface area contributed by atoms with E-state index in [9.17, 15) is 18.0 Å². The molecule has 0 aliphatic carbocycles. The number of sulfonamides is 1. The fourth-order valence-corrected chi connectivity index (χ4v) is 3.02. The van der Waals surface area contributed by atoms with Crippen LogP contribution in [0.1, 0.15) is 16.7 Å². The monoisotopic (exact) mass is 389 g/mol. The van der Waals surface area contributed by atoms with Gasteiger partial charge in [-0.1, -0.05) is 42.0 Å². The minimum Gasteiger partial charge on any atom is -0.354 e. The zero-order valence-corrected chi connectivity index (χ0v) is 15.9. The normalized spacial score (nSPS) is 11.0. The Hall–Kier alpha value is -2.71. The fourth-order valence-electron chi connectivity index (χ4n) is 2.50. The van der Waals surface area contributed by atoms with Crippen LogP contribution in [0.15, 0.2) is 53.4 Å². The molecule has 2 rings (SSSR count). The maximum atomic E-state index is 11.9. The van der Waals surface area contributed by atoms with E-state index in [1.54, 1.807) is 12.1 Å². The van der Waals surface area contributed by atoms with E-state index in [1.807, 2.05) is 31.2 Å². The van der Waals surface area contributed by atoms with E-state index < -0.39 is 10.0 Å². The highest BCUT2D eigenvalue weighted by molar-refractivity contribution is 7.89. The van der Waals surface area contributed by atoms with Gasteiger partial charge in [0.15, 0.2) is 0 Å². The summed E-state index contributed by atoms with van der Waals surface area (Å²) in [4.78, 5) is 23.7. The predicted molar refractivity (Wildman–Crippen MR) is 102 cm³/mol. The summed E-state index contributed by atoms with van der Waals surface area (Å²) < 4.78 is 22.4. The molecule has 0 saturated carbocycles. The van der Waals surface area contributed by atoms with E-state index >= 15 is 0 Å². The quantitative estimate of drug-likeness (QED) is 0.614. The van der Waals surface area contributed by atoms with Gasteiger partial charge in [-0.2, -0.15) is 0 Å². The number of primary sulfonamides is 1. The fraction of sp³-hybridized carbons (Fsp3) is 0.263. The van der Waals surface area contributed by atoms with Gasteiger partial charge in [-0.3, -0.25) is 9.59 Å². The highest BCUT2D eigenvalue weighted by Crippen LogP contribution is 2.09. The maximum absolute atomic E-state index is 11.9. The molecule has 0 atom stereocenters. The molecular formula is C19H23N3O4S. The molecule has 0 saturated heterocycles. The Morgan fingerprint density at radius 1 is 0.963 bits per heavy atom. The number of benzene rings is 2. The third kappa shape index (κ3) is 7.20. The lowest BCUT2D eigenvalue weighted by atomic mass is 10.1. The van der Waals surface area contributed by atoms with Crippen molar-refractivity contribution in [1.82, 2.24) is 10.6 Å². The lowest BCUT2D eigenvalue weighted by Crippen LogP contribution is -2.38. The van der Waals surface area contributed by atoms with Crippen LogP contribution >= 0.6 is 0 Å². The Morgan fingerprint density at radius 3 is 2.30 bits per heavy atom. The van der Waals surface area contributed by atoms with Gasteiger partial charge in [0.1, 0.15) is 0 Å². The first-order valence-corrected chi connectivity index (χ1v) is 9.99. The molecule has 0 heterocycles. The summed E-state index contributed by atoms with van der Waals surface area (Å²) >= 11 is 0. The van der Waals surface area contributed by atoms with Crippen molar-refractivity contribution in [1.29, 1.82) is 0 Å². The molecule has 7 nitrogen and oxygen atoms in total. The molecule has 0 unspecified atom stereocenters. The Labute approximate surface area is 159 Å². The standard InChI is InChI=1S/C19H23N3O4S/c1-14-3-2-4-16(11-14)12-18(23)22-13-19(24)21-10-9-15-5-7-17(8-6-15)27(20,25)26/h2-8,11H,9-10,12-13H2,1H3,(H,21,24)(H,22,23)(H2,20,25,26). The Balaban J connectivity index is 1.69. The second-order valence-electron chi connectivity index (χ2n) is 6.23. The molecule has 2 amide bonds. The summed E-state index contributed by atoms with van der Waals surface area (Å²) in [7, 11) is -3.70. The van der Waals surface area contributed by atoms with Gasteiger partial charge in [-0.05, 0) is 36.6 Å². The van der Waals surface area contributed by atoms with Crippen LogP contribution < -0.4 is 15.8 Å². The van der Waals surface area contributed by atoms with Crippen molar-refractivity contribution in [3.63, 3.8) is 0 Å². The number of carbonyl (C=O) groups is 2. The van der Waals surface area contributed by atoms with Crippen molar-refractivity contribution in [3.8, 4) is 0 Å². The molecule has 0 spiro atoms. The van der Waals surface area contributed by atoms with E-state index in [1.165, 1.54) is 12.1 Å². The van der Waals surface area contributed by atoms with Gasteiger partial charge >= 0.3 is 0 Å². The third-order valence-electron chi connectivity index (χ3n) is 3.88. The lowest BCUT2D eigenvalue weighted by Gasteiger charge is -2.08. The van der Waals surface area contributed by atoms with Crippen LogP contribution in [0.3, 0.4) is 0 Å². The molecule has 0 radical (unpaired) electrons. The summed E-state index contributed by atoms with van der Waals surface area (Å²) in [5, 5.41) is 10.3. The zero-order valence-electron chi connectivity index (χ0n) is 15.1. The van der Waals surface area contributed by atoms with Gasteiger partial charge < -0.3 is 10.6 Å². The lowest BCUT2D eigenvalue weighted by molar-refractivity contribution is -0.125. The van der Waals surface area contributed by atoms with Crippen LogP contribution in [-0.2, 0) is 32.5 Å². The second kappa shape index (κ2) is 9.29. The van der Waals surface area contributed by atoms with Gasteiger partial charge in [-0.25, -0.2) is 13.6 Å². The largest absolute Gasteiger partial charge is 0.354 e. The van der Waals surface area contributed by atoms with E-state index in [0.717, 1.165) is 16.7 Å². The molecule has 4 N–H and O–H groups in total. The van der Waals surface area contributed by atoms with Crippen LogP contribution in [0.25, 0.3) is 0 Å². The average Bonchev–Trinajstić information content (AvgIpc) is 2.60. The van der Waals surface area contributed by atoms with E-state index in [4.69, 9.17) is 5.14 Å². The van der Waals surface area contributed by atoms with Crippen LogP contribution in [0.2, 0.25) is 0 Å². The molecule has 8 heteroatoms. The minimum atomic E-state index is -3.70. The molecule has 2 aromatic carbocycles. The summed E-state index contributed by atoms with van der Waals surface area (Å²) in [6.07, 6.45) is 0.763. The topological polar surface area (TPSA) is 118 Å². The average molecular weight is 389 g/mol. The summed E-state index contributed by atoms with van der Waals surface area (Å²) in [6, 6.07) is 13.8. The smallest absolute Gasteiger partial charge is 0.239 e. The molecule has 0 aliphatic rings. The molecule has 0 aliphatic heterocycles. The van der Waals surface area contributed by atoms with Gasteiger partial charge in [0.25, 0.3) is 0 Å². The molecule has 144 valence electrons. The number of rotatable bonds is 8. The number of aryl methyl sites for hydroxylation is 1. The predicted octanol–water partition coefficient (Wildman–Crippen LogP) is 0.660. The van der Waals surface area contributed by atoms with E-state index in [0.29, 0.717) is 13.0 Å². The van der Waals surface area contributed by atoms with Gasteiger partial charge in [0.2, 0.25) is 21.8 Å². The Morgan fingerprint density at radius 2 is 1.67 bits per heavy atom. The molecule has 2 aromatic rings. The van der Waals surface area contributed by atoms with Crippen LogP contribution in [0.4, 0.5) is 0 Å². The summed E-state index contributed by atoms with van der Waals surface area (Å²) in [6.45, 7) is 2.24. The SMILES string of the molecule is Cc1cccc(CC(=O)NCC(=O)NCCc2ccc(S(N)(=O)=O)cc2)c1. The molecule has 27 heavy (non-hydrogen) atoms. The molecule has 0 bridgehead atoms. The number of carbonyl (C=O) groups excluding carboxylic acids is 2. The summed E-state index contributed by atoms with van der Waals surface area (Å²) in [5.41, 5.74) is 2.84. The first kappa shape index (κ1) is 20.6. The highest BCUT2D eigenvalue weighted by Gasteiger charge is 2.08. The van der Waals surface area contributed by atoms with Crippen molar-refractivity contribution in [2.24, 2.45) is 5.14 Å². The minimum absolute atomic E-state index is 0.0478. The number of amides is 2. The highest BCUT2D eigenvalue weighted by atomic mass is 32.2. The number of nitrogens with two attached hydrogens (primary N) is 1. The zero-order chi connectivity index (χ0) is 19.9. The Kier molecular flexibility index (Phi) is 7.09. The maximum Gasteiger partial charge on any atom is 0.239 e. The Bertz CT molecular complexity index is 909. The van der Waals surface area contributed by atoms with Crippen molar-refractivity contribution in [2.75, 3.05) is 13.1 Å². The first-order chi connectivity index (χ1) is 12.7. The van der Waals surface area contributed by atoms with Crippen LogP contribution in [0, 0.1) is 6.92 Å². The number of hydrogen-bond acceptors (Lipinski definition) is 4. The van der Waals surface area contributed by atoms with Gasteiger partial charge in [-0.15, -0.1) is 0 Å². The molecular weight excluding hydrogens is 366 g/mol. The number of nitrogens with one attached hydrogen (secondary N) is 2. The van der Waals surface area contributed by atoms with E-state index in [-0.39, 0.29) is 29.7 Å². The molecule has 0 fully saturated rings. The van der Waals surface area contributed by atoms with Crippen LogP contribution in [0.5, 0.6) is 0 Å². The third-order valence-corrected chi connectivity index (χ3v) is 4.81. The molecule has 0 aromatic heterocycles.